The number of para-hydroxylation sites is 1. The Morgan fingerprint density at radius 2 is 1.95 bits per heavy atom. The van der Waals surface area contributed by atoms with Crippen LogP contribution in [0.25, 0.3) is 0 Å². The second-order valence-electron chi connectivity index (χ2n) is 4.86. The van der Waals surface area contributed by atoms with E-state index in [1.807, 2.05) is 43.3 Å². The third kappa shape index (κ3) is 4.53. The lowest BCUT2D eigenvalue weighted by Crippen LogP contribution is -2.26. The maximum Gasteiger partial charge on any atom is 0.253 e. The summed E-state index contributed by atoms with van der Waals surface area (Å²) in [7, 11) is 0. The molecule has 0 radical (unpaired) electrons. The van der Waals surface area contributed by atoms with E-state index in [0.29, 0.717) is 24.4 Å². The van der Waals surface area contributed by atoms with E-state index >= 15 is 0 Å². The number of hydrogen-bond acceptors (Lipinski definition) is 3. The van der Waals surface area contributed by atoms with Crippen molar-refractivity contribution in [1.29, 1.82) is 0 Å². The first-order valence-corrected chi connectivity index (χ1v) is 6.99. The molecule has 4 heteroatoms. The average Bonchev–Trinajstić information content (AvgIpc) is 2.47. The highest BCUT2D eigenvalue weighted by Crippen LogP contribution is 2.13. The quantitative estimate of drug-likeness (QED) is 0.633. The van der Waals surface area contributed by atoms with Gasteiger partial charge in [0.15, 0.2) is 0 Å². The molecule has 2 rings (SSSR count). The predicted molar refractivity (Wildman–Crippen MR) is 84.5 cm³/mol. The number of aryl methyl sites for hydroxylation is 1. The Labute approximate surface area is 124 Å². The zero-order valence-electron chi connectivity index (χ0n) is 12.1. The lowest BCUT2D eigenvalue weighted by molar-refractivity contribution is 0.0952. The molecule has 3 N–H and O–H groups in total. The van der Waals surface area contributed by atoms with Crippen LogP contribution in [0.2, 0.25) is 0 Å². The Bertz CT molecular complexity index is 597. The molecule has 0 unspecified atom stereocenters. The van der Waals surface area contributed by atoms with Crippen molar-refractivity contribution in [2.75, 3.05) is 18.9 Å². The van der Waals surface area contributed by atoms with Gasteiger partial charge in [-0.15, -0.1) is 0 Å². The van der Waals surface area contributed by atoms with Gasteiger partial charge in [0, 0.05) is 12.2 Å². The van der Waals surface area contributed by atoms with Crippen LogP contribution in [0, 0.1) is 6.92 Å². The number of amides is 1. The van der Waals surface area contributed by atoms with Crippen molar-refractivity contribution < 1.29 is 9.53 Å². The minimum atomic E-state index is -0.146. The Morgan fingerprint density at radius 3 is 2.67 bits per heavy atom. The van der Waals surface area contributed by atoms with Gasteiger partial charge in [0.05, 0.1) is 12.2 Å². The number of carbonyl (C=O) groups excluding carboxylic acids is 1. The summed E-state index contributed by atoms with van der Waals surface area (Å²) >= 11 is 0. The van der Waals surface area contributed by atoms with E-state index in [-0.39, 0.29) is 5.91 Å². The zero-order valence-corrected chi connectivity index (χ0v) is 12.1. The zero-order chi connectivity index (χ0) is 15.1. The van der Waals surface area contributed by atoms with E-state index in [9.17, 15) is 4.79 Å². The first kappa shape index (κ1) is 14.9. The molecule has 0 aromatic heterocycles. The molecule has 0 atom stereocenters. The molecule has 0 aliphatic carbocycles. The minimum Gasteiger partial charge on any atom is -0.494 e. The van der Waals surface area contributed by atoms with Crippen molar-refractivity contribution >= 4 is 11.6 Å². The molecule has 0 fully saturated rings. The van der Waals surface area contributed by atoms with Crippen molar-refractivity contribution in [2.45, 2.75) is 13.3 Å². The summed E-state index contributed by atoms with van der Waals surface area (Å²) in [6, 6.07) is 15.0. The summed E-state index contributed by atoms with van der Waals surface area (Å²) in [6.07, 6.45) is 0.742. The number of rotatable bonds is 6. The van der Waals surface area contributed by atoms with Crippen LogP contribution in [0.1, 0.15) is 22.3 Å². The van der Waals surface area contributed by atoms with E-state index in [1.54, 1.807) is 12.1 Å². The molecule has 2 aromatic carbocycles. The van der Waals surface area contributed by atoms with Crippen LogP contribution < -0.4 is 15.8 Å². The molecule has 0 saturated carbocycles. The predicted octanol–water partition coefficient (Wildman–Crippen LogP) is 2.78. The first-order chi connectivity index (χ1) is 10.2. The number of hydrogen-bond donors (Lipinski definition) is 2. The summed E-state index contributed by atoms with van der Waals surface area (Å²) in [5.41, 5.74) is 7.91. The number of nitrogen functional groups attached to an aromatic ring is 1. The Hall–Kier alpha value is -2.49. The first-order valence-electron chi connectivity index (χ1n) is 6.99. The van der Waals surface area contributed by atoms with Crippen LogP contribution in [0.3, 0.4) is 0 Å². The second kappa shape index (κ2) is 7.33. The normalized spacial score (nSPS) is 10.1. The summed E-state index contributed by atoms with van der Waals surface area (Å²) in [4.78, 5) is 12.0. The van der Waals surface area contributed by atoms with Crippen LogP contribution in [0.4, 0.5) is 5.69 Å². The fourth-order valence-electron chi connectivity index (χ4n) is 1.96. The van der Waals surface area contributed by atoms with Crippen molar-refractivity contribution in [3.8, 4) is 5.75 Å². The van der Waals surface area contributed by atoms with Crippen LogP contribution in [0.5, 0.6) is 5.75 Å². The van der Waals surface area contributed by atoms with Gasteiger partial charge in [-0.2, -0.15) is 0 Å². The molecule has 0 saturated heterocycles. The Kier molecular flexibility index (Phi) is 5.21. The largest absolute Gasteiger partial charge is 0.494 e. The number of carbonyl (C=O) groups is 1. The molecular weight excluding hydrogens is 264 g/mol. The molecule has 0 aliphatic heterocycles. The number of benzene rings is 2. The van der Waals surface area contributed by atoms with Gasteiger partial charge in [0.1, 0.15) is 5.75 Å². The van der Waals surface area contributed by atoms with E-state index in [1.165, 1.54) is 0 Å². The SMILES string of the molecule is Cc1ccc(C(=O)NCCCOc2ccccc2)c(N)c1. The topological polar surface area (TPSA) is 64.3 Å². The van der Waals surface area contributed by atoms with E-state index in [2.05, 4.69) is 5.32 Å². The maximum absolute atomic E-state index is 12.0. The van der Waals surface area contributed by atoms with Gasteiger partial charge >= 0.3 is 0 Å². The molecule has 0 aliphatic rings. The second-order valence-corrected chi connectivity index (χ2v) is 4.86. The number of nitrogens with two attached hydrogens (primary N) is 1. The molecule has 110 valence electrons. The molecule has 4 nitrogen and oxygen atoms in total. The van der Waals surface area contributed by atoms with Crippen molar-refractivity contribution in [3.05, 3.63) is 59.7 Å². The van der Waals surface area contributed by atoms with Crippen LogP contribution in [-0.4, -0.2) is 19.1 Å². The van der Waals surface area contributed by atoms with Gasteiger partial charge in [0.2, 0.25) is 0 Å². The maximum atomic E-state index is 12.0. The van der Waals surface area contributed by atoms with E-state index < -0.39 is 0 Å². The van der Waals surface area contributed by atoms with Crippen molar-refractivity contribution in [3.63, 3.8) is 0 Å². The fourth-order valence-corrected chi connectivity index (χ4v) is 1.96. The molecule has 1 amide bonds. The summed E-state index contributed by atoms with van der Waals surface area (Å²) in [5, 5.41) is 2.85. The van der Waals surface area contributed by atoms with Crippen molar-refractivity contribution in [2.24, 2.45) is 0 Å². The van der Waals surface area contributed by atoms with Gasteiger partial charge < -0.3 is 15.8 Å². The van der Waals surface area contributed by atoms with Gasteiger partial charge in [-0.05, 0) is 43.2 Å². The third-order valence-corrected chi connectivity index (χ3v) is 3.07. The van der Waals surface area contributed by atoms with Crippen LogP contribution >= 0.6 is 0 Å². The lowest BCUT2D eigenvalue weighted by atomic mass is 10.1. The molecule has 0 spiro atoms. The third-order valence-electron chi connectivity index (χ3n) is 3.07. The van der Waals surface area contributed by atoms with E-state index in [0.717, 1.165) is 17.7 Å². The monoisotopic (exact) mass is 284 g/mol. The number of anilines is 1. The molecule has 0 bridgehead atoms. The van der Waals surface area contributed by atoms with E-state index in [4.69, 9.17) is 10.5 Å². The molecule has 21 heavy (non-hydrogen) atoms. The minimum absolute atomic E-state index is 0.146. The van der Waals surface area contributed by atoms with Gasteiger partial charge in [0.25, 0.3) is 5.91 Å². The highest BCUT2D eigenvalue weighted by atomic mass is 16.5. The van der Waals surface area contributed by atoms with Gasteiger partial charge in [-0.3, -0.25) is 4.79 Å². The van der Waals surface area contributed by atoms with Gasteiger partial charge in [-0.1, -0.05) is 24.3 Å². The molecular formula is C17H20N2O2. The Morgan fingerprint density at radius 1 is 1.19 bits per heavy atom. The Balaban J connectivity index is 1.72. The molecule has 0 heterocycles. The summed E-state index contributed by atoms with van der Waals surface area (Å²) < 4.78 is 5.56. The number of ether oxygens (including phenoxy) is 1. The molecule has 2 aromatic rings. The smallest absolute Gasteiger partial charge is 0.253 e. The average molecular weight is 284 g/mol. The van der Waals surface area contributed by atoms with Gasteiger partial charge in [-0.25, -0.2) is 0 Å². The standard InChI is InChI=1S/C17H20N2O2/c1-13-8-9-15(16(18)12-13)17(20)19-10-5-11-21-14-6-3-2-4-7-14/h2-4,6-9,12H,5,10-11,18H2,1H3,(H,19,20). The summed E-state index contributed by atoms with van der Waals surface area (Å²) in [6.45, 7) is 3.06. The highest BCUT2D eigenvalue weighted by molar-refractivity contribution is 5.99. The lowest BCUT2D eigenvalue weighted by Gasteiger charge is -2.09. The fraction of sp³-hybridized carbons (Fsp3) is 0.235. The van der Waals surface area contributed by atoms with Crippen LogP contribution in [0.15, 0.2) is 48.5 Å². The van der Waals surface area contributed by atoms with Crippen molar-refractivity contribution in [1.82, 2.24) is 5.32 Å². The highest BCUT2D eigenvalue weighted by Gasteiger charge is 2.08. The number of nitrogens with one attached hydrogen (secondary N) is 1. The van der Waals surface area contributed by atoms with Crippen LogP contribution in [-0.2, 0) is 0 Å². The summed E-state index contributed by atoms with van der Waals surface area (Å²) in [5.74, 6) is 0.693.